The zero-order valence-electron chi connectivity index (χ0n) is 21.5. The van der Waals surface area contributed by atoms with Crippen molar-refractivity contribution in [1.29, 1.82) is 0 Å². The average Bonchev–Trinajstić information content (AvgIpc) is 3.19. The second-order valence-electron chi connectivity index (χ2n) is 9.33. The lowest BCUT2D eigenvalue weighted by molar-refractivity contribution is 0.0526. The van der Waals surface area contributed by atoms with Crippen LogP contribution in [0.5, 0.6) is 0 Å². The Kier molecular flexibility index (Phi) is 7.89. The minimum atomic E-state index is -4.30. The van der Waals surface area contributed by atoms with Gasteiger partial charge in [0.1, 0.15) is 16.9 Å². The van der Waals surface area contributed by atoms with Crippen LogP contribution in [0.1, 0.15) is 42.5 Å². The lowest BCUT2D eigenvalue weighted by Crippen LogP contribution is -2.50. The molecule has 2 amide bonds. The van der Waals surface area contributed by atoms with E-state index in [1.54, 1.807) is 32.0 Å². The highest BCUT2D eigenvalue weighted by atomic mass is 32.2. The molecule has 0 N–H and O–H groups in total. The molecule has 3 aromatic rings. The van der Waals surface area contributed by atoms with Crippen LogP contribution in [-0.2, 0) is 25.9 Å². The van der Waals surface area contributed by atoms with E-state index in [-0.39, 0.29) is 35.8 Å². The molecule has 9 nitrogen and oxygen atoms in total. The normalized spacial score (nSPS) is 14.2. The number of fused-ring (bicyclic) bond motifs is 1. The van der Waals surface area contributed by atoms with E-state index in [0.717, 1.165) is 16.3 Å². The third kappa shape index (κ3) is 5.50. The number of hydrogen-bond donors (Lipinski definition) is 0. The lowest BCUT2D eigenvalue weighted by Gasteiger charge is -2.32. The van der Waals surface area contributed by atoms with Crippen molar-refractivity contribution < 1.29 is 31.9 Å². The fraction of sp³-hybridized carbons (Fsp3) is 0.407. The fourth-order valence-corrected chi connectivity index (χ4v) is 5.80. The standard InChI is InChI=1S/C27H32N2O7S/c1-5-35-26(30)25-19(4)36-24-11-8-21(17-23(24)25)29(27(31)28-12-14-34-15-13-28)37(32,33)22-9-6-20(7-10-22)16-18(2)3/h6-11,17-18H,5,12-16H2,1-4H3. The van der Waals surface area contributed by atoms with Gasteiger partial charge in [-0.1, -0.05) is 26.0 Å². The van der Waals surface area contributed by atoms with Crippen LogP contribution in [-0.4, -0.2) is 58.2 Å². The van der Waals surface area contributed by atoms with Gasteiger partial charge in [0.05, 0.1) is 30.4 Å². The van der Waals surface area contributed by atoms with Gasteiger partial charge in [0.25, 0.3) is 10.0 Å². The molecule has 0 spiro atoms. The Hall–Kier alpha value is -3.37. The molecule has 37 heavy (non-hydrogen) atoms. The van der Waals surface area contributed by atoms with Crippen molar-refractivity contribution in [1.82, 2.24) is 4.90 Å². The van der Waals surface area contributed by atoms with Gasteiger partial charge in [-0.05, 0) is 62.1 Å². The summed E-state index contributed by atoms with van der Waals surface area (Å²) in [5, 5.41) is 0.371. The van der Waals surface area contributed by atoms with Gasteiger partial charge in [-0.15, -0.1) is 0 Å². The number of benzene rings is 2. The Morgan fingerprint density at radius 3 is 2.38 bits per heavy atom. The Morgan fingerprint density at radius 1 is 1.08 bits per heavy atom. The number of morpholine rings is 1. The van der Waals surface area contributed by atoms with Gasteiger partial charge >= 0.3 is 12.0 Å². The highest BCUT2D eigenvalue weighted by Gasteiger charge is 2.35. The number of furan rings is 1. The van der Waals surface area contributed by atoms with E-state index in [1.807, 2.05) is 0 Å². The SMILES string of the molecule is CCOC(=O)c1c(C)oc2ccc(N(C(=O)N3CCOCC3)S(=O)(=O)c3ccc(CC(C)C)cc3)cc12. The number of anilines is 1. The van der Waals surface area contributed by atoms with Gasteiger partial charge < -0.3 is 18.8 Å². The first-order chi connectivity index (χ1) is 17.6. The predicted octanol–water partition coefficient (Wildman–Crippen LogP) is 4.76. The molecule has 198 valence electrons. The summed E-state index contributed by atoms with van der Waals surface area (Å²) >= 11 is 0. The molecule has 1 aliphatic rings. The molecule has 1 fully saturated rings. The molecule has 0 atom stereocenters. The van der Waals surface area contributed by atoms with Crippen molar-refractivity contribution in [2.24, 2.45) is 5.92 Å². The molecule has 1 saturated heterocycles. The Morgan fingerprint density at radius 2 is 1.76 bits per heavy atom. The second-order valence-corrected chi connectivity index (χ2v) is 11.1. The smallest absolute Gasteiger partial charge is 0.342 e. The summed E-state index contributed by atoms with van der Waals surface area (Å²) in [4.78, 5) is 27.8. The molecule has 2 heterocycles. The largest absolute Gasteiger partial charge is 0.462 e. The lowest BCUT2D eigenvalue weighted by atomic mass is 10.0. The third-order valence-corrected chi connectivity index (χ3v) is 7.84. The molecule has 2 aromatic carbocycles. The van der Waals surface area contributed by atoms with Gasteiger partial charge in [0, 0.05) is 18.5 Å². The first kappa shape index (κ1) is 26.7. The summed E-state index contributed by atoms with van der Waals surface area (Å²) in [6.07, 6.45) is 0.809. The highest BCUT2D eigenvalue weighted by Crippen LogP contribution is 2.33. The minimum Gasteiger partial charge on any atom is -0.462 e. The molecular weight excluding hydrogens is 496 g/mol. The molecule has 0 unspecified atom stereocenters. The van der Waals surface area contributed by atoms with Crippen LogP contribution in [0, 0.1) is 12.8 Å². The monoisotopic (exact) mass is 528 g/mol. The second kappa shape index (κ2) is 10.9. The van der Waals surface area contributed by atoms with Crippen LogP contribution in [0.2, 0.25) is 0 Å². The third-order valence-electron chi connectivity index (χ3n) is 6.12. The fourth-order valence-electron chi connectivity index (χ4n) is 4.40. The summed E-state index contributed by atoms with van der Waals surface area (Å²) in [6, 6.07) is 10.4. The van der Waals surface area contributed by atoms with Gasteiger partial charge in [-0.2, -0.15) is 4.31 Å². The Bertz CT molecular complexity index is 1390. The van der Waals surface area contributed by atoms with E-state index in [0.29, 0.717) is 35.9 Å². The highest BCUT2D eigenvalue weighted by molar-refractivity contribution is 7.93. The van der Waals surface area contributed by atoms with Crippen molar-refractivity contribution in [2.45, 2.75) is 39.0 Å². The van der Waals surface area contributed by atoms with E-state index in [9.17, 15) is 18.0 Å². The van der Waals surface area contributed by atoms with Crippen molar-refractivity contribution in [3.05, 3.63) is 59.4 Å². The predicted molar refractivity (Wildman–Crippen MR) is 139 cm³/mol. The molecule has 0 radical (unpaired) electrons. The van der Waals surface area contributed by atoms with Crippen LogP contribution in [0.3, 0.4) is 0 Å². The van der Waals surface area contributed by atoms with Crippen LogP contribution in [0.15, 0.2) is 51.8 Å². The zero-order chi connectivity index (χ0) is 26.7. The molecule has 1 aromatic heterocycles. The number of sulfonamides is 1. The molecular formula is C27H32N2O7S. The number of carbonyl (C=O) groups is 2. The van der Waals surface area contributed by atoms with E-state index in [4.69, 9.17) is 13.9 Å². The van der Waals surface area contributed by atoms with Gasteiger partial charge in [-0.25, -0.2) is 18.0 Å². The first-order valence-electron chi connectivity index (χ1n) is 12.3. The van der Waals surface area contributed by atoms with Gasteiger partial charge in [0.2, 0.25) is 0 Å². The number of aryl methyl sites for hydroxylation is 1. The molecule has 0 saturated carbocycles. The molecule has 0 bridgehead atoms. The molecule has 1 aliphatic heterocycles. The maximum Gasteiger partial charge on any atom is 0.342 e. The summed E-state index contributed by atoms with van der Waals surface area (Å²) < 4.78 is 44.9. The average molecular weight is 529 g/mol. The van der Waals surface area contributed by atoms with Crippen molar-refractivity contribution in [2.75, 3.05) is 37.2 Å². The molecule has 0 aliphatic carbocycles. The number of amides is 2. The van der Waals surface area contributed by atoms with Crippen molar-refractivity contribution >= 4 is 38.7 Å². The number of esters is 1. The number of carbonyl (C=O) groups excluding carboxylic acids is 2. The first-order valence-corrected chi connectivity index (χ1v) is 13.8. The van der Waals surface area contributed by atoms with Crippen molar-refractivity contribution in [3.63, 3.8) is 0 Å². The van der Waals surface area contributed by atoms with E-state index in [1.165, 1.54) is 29.2 Å². The minimum absolute atomic E-state index is 0.00398. The van der Waals surface area contributed by atoms with Crippen molar-refractivity contribution in [3.8, 4) is 0 Å². The summed E-state index contributed by atoms with van der Waals surface area (Å²) in [5.41, 5.74) is 1.70. The zero-order valence-corrected chi connectivity index (χ0v) is 22.3. The van der Waals surface area contributed by atoms with E-state index >= 15 is 0 Å². The number of urea groups is 1. The molecule has 10 heteroatoms. The maximum atomic E-state index is 13.9. The van der Waals surface area contributed by atoms with Crippen LogP contribution < -0.4 is 4.31 Å². The Balaban J connectivity index is 1.83. The number of rotatable bonds is 7. The van der Waals surface area contributed by atoms with E-state index in [2.05, 4.69) is 13.8 Å². The van der Waals surface area contributed by atoms with Crippen LogP contribution >= 0.6 is 0 Å². The number of hydrogen-bond acceptors (Lipinski definition) is 7. The quantitative estimate of drug-likeness (QED) is 0.407. The summed E-state index contributed by atoms with van der Waals surface area (Å²) in [6.45, 7) is 8.84. The molecule has 4 rings (SSSR count). The summed E-state index contributed by atoms with van der Waals surface area (Å²) in [5.74, 6) is 0.186. The van der Waals surface area contributed by atoms with Gasteiger partial charge in [0.15, 0.2) is 0 Å². The van der Waals surface area contributed by atoms with Crippen LogP contribution in [0.4, 0.5) is 10.5 Å². The number of ether oxygens (including phenoxy) is 2. The van der Waals surface area contributed by atoms with Crippen LogP contribution in [0.25, 0.3) is 11.0 Å². The number of nitrogens with zero attached hydrogens (tertiary/aromatic N) is 2. The topological polar surface area (TPSA) is 106 Å². The Labute approximate surface area is 217 Å². The van der Waals surface area contributed by atoms with E-state index < -0.39 is 22.0 Å². The van der Waals surface area contributed by atoms with Gasteiger partial charge in [-0.3, -0.25) is 0 Å². The maximum absolute atomic E-state index is 13.9. The summed E-state index contributed by atoms with van der Waals surface area (Å²) in [7, 11) is -4.30.